The van der Waals surface area contributed by atoms with Crippen LogP contribution in [0.3, 0.4) is 0 Å². The smallest absolute Gasteiger partial charge is 0.497 e. The average Bonchev–Trinajstić information content (AvgIpc) is 2.76. The molecule has 1 heterocycles. The van der Waals surface area contributed by atoms with Crippen molar-refractivity contribution >= 4 is 17.5 Å². The van der Waals surface area contributed by atoms with E-state index in [0.717, 1.165) is 35.5 Å². The van der Waals surface area contributed by atoms with E-state index in [1.807, 2.05) is 48.5 Å². The molecule has 2 aromatic rings. The molecule has 1 aliphatic rings. The van der Waals surface area contributed by atoms with E-state index >= 15 is 0 Å². The summed E-state index contributed by atoms with van der Waals surface area (Å²) in [5.41, 5.74) is 2.43. The molecule has 1 saturated heterocycles. The third-order valence-electron chi connectivity index (χ3n) is 4.98. The molecule has 0 aliphatic carbocycles. The molecule has 0 amide bonds. The molecule has 6 heteroatoms. The van der Waals surface area contributed by atoms with Crippen LogP contribution in [0.15, 0.2) is 58.8 Å². The lowest BCUT2D eigenvalue weighted by Crippen LogP contribution is -2.29. The maximum atomic E-state index is 11.8. The number of carbonyl (C=O) groups is 1. The van der Waals surface area contributed by atoms with E-state index in [9.17, 15) is 4.79 Å². The highest BCUT2D eigenvalue weighted by Crippen LogP contribution is 2.32. The summed E-state index contributed by atoms with van der Waals surface area (Å²) in [6, 6.07) is 15.0. The van der Waals surface area contributed by atoms with E-state index in [4.69, 9.17) is 14.2 Å². The zero-order chi connectivity index (χ0) is 20.5. The second-order valence-corrected chi connectivity index (χ2v) is 7.17. The van der Waals surface area contributed by atoms with Crippen molar-refractivity contribution in [3.63, 3.8) is 0 Å². The van der Waals surface area contributed by atoms with Crippen LogP contribution in [0.2, 0.25) is 0 Å². The monoisotopic (exact) mass is 396 g/mol. The van der Waals surface area contributed by atoms with Gasteiger partial charge in [0, 0.05) is 6.42 Å². The van der Waals surface area contributed by atoms with Gasteiger partial charge in [0.05, 0.1) is 18.5 Å². The predicted octanol–water partition coefficient (Wildman–Crippen LogP) is 7.05. The zero-order valence-corrected chi connectivity index (χ0v) is 17.0. The fourth-order valence-electron chi connectivity index (χ4n) is 3.31. The lowest BCUT2D eigenvalue weighted by molar-refractivity contribution is -0.0638. The Balaban J connectivity index is 1.58. The van der Waals surface area contributed by atoms with Crippen LogP contribution >= 0.6 is 0 Å². The molecule has 0 radical (unpaired) electrons. The average molecular weight is 396 g/mol. The Bertz CT molecular complexity index is 803. The van der Waals surface area contributed by atoms with Crippen LogP contribution in [0.5, 0.6) is 5.75 Å². The fourth-order valence-corrected chi connectivity index (χ4v) is 3.31. The summed E-state index contributed by atoms with van der Waals surface area (Å²) in [5, 5.41) is 8.49. The maximum absolute atomic E-state index is 11.8. The predicted molar refractivity (Wildman–Crippen MR) is 111 cm³/mol. The molecule has 0 N–H and O–H groups in total. The Morgan fingerprint density at radius 2 is 1.59 bits per heavy atom. The Morgan fingerprint density at radius 3 is 2.21 bits per heavy atom. The van der Waals surface area contributed by atoms with Crippen LogP contribution < -0.4 is 4.74 Å². The van der Waals surface area contributed by atoms with E-state index in [2.05, 4.69) is 17.2 Å². The highest BCUT2D eigenvalue weighted by Gasteiger charge is 2.30. The second kappa shape index (κ2) is 10.6. The topological polar surface area (TPSA) is 69.5 Å². The van der Waals surface area contributed by atoms with Crippen molar-refractivity contribution in [2.45, 2.75) is 57.7 Å². The van der Waals surface area contributed by atoms with Crippen molar-refractivity contribution in [2.75, 3.05) is 7.11 Å². The molecule has 0 aromatic heterocycles. The molecule has 0 bridgehead atoms. The maximum Gasteiger partial charge on any atom is 0.509 e. The van der Waals surface area contributed by atoms with Crippen molar-refractivity contribution < 1.29 is 19.0 Å². The summed E-state index contributed by atoms with van der Waals surface area (Å²) in [5.74, 6) is 0.781. The van der Waals surface area contributed by atoms with Gasteiger partial charge in [0.15, 0.2) is 0 Å². The van der Waals surface area contributed by atoms with Crippen LogP contribution in [0.25, 0.3) is 0 Å². The molecule has 29 heavy (non-hydrogen) atoms. The number of carbonyl (C=O) groups excluding carboxylic acids is 1. The SMILES string of the molecule is CCCCCC[C@@H]1C[C@H](c2ccc(N=Nc3ccc(OC)cc3)cc2)OC(=O)O1. The number of benzene rings is 2. The van der Waals surface area contributed by atoms with E-state index < -0.39 is 6.16 Å². The summed E-state index contributed by atoms with van der Waals surface area (Å²) in [4.78, 5) is 11.8. The fraction of sp³-hybridized carbons (Fsp3) is 0.435. The first-order chi connectivity index (χ1) is 14.2. The van der Waals surface area contributed by atoms with E-state index in [-0.39, 0.29) is 12.2 Å². The van der Waals surface area contributed by atoms with Crippen molar-refractivity contribution in [1.29, 1.82) is 0 Å². The molecule has 6 nitrogen and oxygen atoms in total. The molecule has 0 saturated carbocycles. The largest absolute Gasteiger partial charge is 0.509 e. The number of methoxy groups -OCH3 is 1. The standard InChI is InChI=1S/C23H28N2O4/c1-3-4-5-6-7-21-16-22(29-23(26)28-21)17-8-10-18(11-9-17)24-25-19-12-14-20(27-2)15-13-19/h8-15,21-22H,3-7,16H2,1-2H3/t21-,22-/m1/s1. The third kappa shape index (κ3) is 6.31. The number of nitrogens with zero attached hydrogens (tertiary/aromatic N) is 2. The van der Waals surface area contributed by atoms with Crippen LogP contribution in [0.4, 0.5) is 16.2 Å². The van der Waals surface area contributed by atoms with Gasteiger partial charge < -0.3 is 14.2 Å². The molecular formula is C23H28N2O4. The van der Waals surface area contributed by atoms with Gasteiger partial charge >= 0.3 is 6.16 Å². The Labute approximate surface area is 171 Å². The van der Waals surface area contributed by atoms with Gasteiger partial charge in [0.2, 0.25) is 0 Å². The third-order valence-corrected chi connectivity index (χ3v) is 4.98. The molecule has 3 rings (SSSR count). The molecule has 2 aromatic carbocycles. The first-order valence-corrected chi connectivity index (χ1v) is 10.2. The first-order valence-electron chi connectivity index (χ1n) is 10.2. The van der Waals surface area contributed by atoms with Gasteiger partial charge in [-0.3, -0.25) is 0 Å². The highest BCUT2D eigenvalue weighted by molar-refractivity contribution is 5.61. The van der Waals surface area contributed by atoms with Gasteiger partial charge in [0.25, 0.3) is 0 Å². The van der Waals surface area contributed by atoms with Crippen LogP contribution in [0.1, 0.15) is 57.1 Å². The number of cyclic esters (lactones) is 2. The zero-order valence-electron chi connectivity index (χ0n) is 17.0. The number of unbranched alkanes of at least 4 members (excludes halogenated alkanes) is 3. The first kappa shape index (κ1) is 20.8. The summed E-state index contributed by atoms with van der Waals surface area (Å²) >= 11 is 0. The minimum atomic E-state index is -0.579. The summed E-state index contributed by atoms with van der Waals surface area (Å²) in [6.45, 7) is 2.19. The number of rotatable bonds is 9. The van der Waals surface area contributed by atoms with Crippen molar-refractivity contribution in [1.82, 2.24) is 0 Å². The molecule has 154 valence electrons. The summed E-state index contributed by atoms with van der Waals surface area (Å²) in [7, 11) is 1.63. The Kier molecular flexibility index (Phi) is 7.61. The summed E-state index contributed by atoms with van der Waals surface area (Å²) in [6.07, 6.45) is 5.29. The quantitative estimate of drug-likeness (QED) is 0.259. The second-order valence-electron chi connectivity index (χ2n) is 7.17. The molecule has 0 spiro atoms. The van der Waals surface area contributed by atoms with Crippen molar-refractivity contribution in [3.8, 4) is 5.75 Å². The van der Waals surface area contributed by atoms with Gasteiger partial charge in [-0.1, -0.05) is 38.3 Å². The normalized spacial score (nSPS) is 19.0. The minimum Gasteiger partial charge on any atom is -0.497 e. The minimum absolute atomic E-state index is 0.0763. The van der Waals surface area contributed by atoms with Crippen molar-refractivity contribution in [3.05, 3.63) is 54.1 Å². The van der Waals surface area contributed by atoms with Gasteiger partial charge in [-0.2, -0.15) is 10.2 Å². The van der Waals surface area contributed by atoms with Gasteiger partial charge in [-0.15, -0.1) is 0 Å². The molecule has 1 fully saturated rings. The molecule has 1 aliphatic heterocycles. The number of azo groups is 1. The van der Waals surface area contributed by atoms with E-state index in [1.165, 1.54) is 19.3 Å². The van der Waals surface area contributed by atoms with E-state index in [1.54, 1.807) is 7.11 Å². The van der Waals surface area contributed by atoms with Crippen LogP contribution in [0, 0.1) is 0 Å². The number of hydrogen-bond acceptors (Lipinski definition) is 6. The lowest BCUT2D eigenvalue weighted by atomic mass is 9.98. The Hall–Kier alpha value is -2.89. The van der Waals surface area contributed by atoms with Gasteiger partial charge in [0.1, 0.15) is 18.0 Å². The van der Waals surface area contributed by atoms with Crippen LogP contribution in [-0.2, 0) is 9.47 Å². The Morgan fingerprint density at radius 1 is 0.931 bits per heavy atom. The lowest BCUT2D eigenvalue weighted by Gasteiger charge is -2.29. The number of hydrogen-bond donors (Lipinski definition) is 0. The molecular weight excluding hydrogens is 368 g/mol. The van der Waals surface area contributed by atoms with Crippen LogP contribution in [-0.4, -0.2) is 19.4 Å². The molecule has 2 atom stereocenters. The number of ether oxygens (including phenoxy) is 3. The summed E-state index contributed by atoms with van der Waals surface area (Å²) < 4.78 is 15.9. The molecule has 0 unspecified atom stereocenters. The van der Waals surface area contributed by atoms with Gasteiger partial charge in [-0.05, 0) is 54.8 Å². The van der Waals surface area contributed by atoms with Crippen molar-refractivity contribution in [2.24, 2.45) is 10.2 Å². The highest BCUT2D eigenvalue weighted by atomic mass is 16.7. The van der Waals surface area contributed by atoms with E-state index in [0.29, 0.717) is 6.42 Å². The van der Waals surface area contributed by atoms with Gasteiger partial charge in [-0.25, -0.2) is 4.79 Å².